The molecule has 0 saturated carbocycles. The third kappa shape index (κ3) is 2.99. The van der Waals surface area contributed by atoms with Gasteiger partial charge in [0, 0.05) is 6.54 Å². The fraction of sp³-hybridized carbons (Fsp3) is 0.467. The molecular formula is C15H18FNO4. The molecule has 2 rings (SSSR count). The standard InChI is InChI=1S/C15H18FNO4/c1-2-15(14(19)20)8-3-9-17(15)13(18)10-21-12-6-4-11(16)5-7-12/h4-7H,2-3,8-10H2,1H3,(H,19,20). The number of rotatable bonds is 5. The SMILES string of the molecule is CCC1(C(=O)O)CCCN1C(=O)COc1ccc(F)cc1. The van der Waals surface area contributed by atoms with Gasteiger partial charge in [-0.3, -0.25) is 4.79 Å². The van der Waals surface area contributed by atoms with Gasteiger partial charge in [-0.2, -0.15) is 0 Å². The molecule has 1 atom stereocenters. The number of hydrogen-bond donors (Lipinski definition) is 1. The second kappa shape index (κ2) is 6.11. The van der Waals surface area contributed by atoms with Crippen LogP contribution in [0.4, 0.5) is 4.39 Å². The van der Waals surface area contributed by atoms with Crippen LogP contribution in [0.3, 0.4) is 0 Å². The monoisotopic (exact) mass is 295 g/mol. The minimum absolute atomic E-state index is 0.249. The number of carboxylic acid groups (broad SMARTS) is 1. The number of hydrogen-bond acceptors (Lipinski definition) is 3. The summed E-state index contributed by atoms with van der Waals surface area (Å²) in [6.45, 7) is 1.94. The molecule has 0 radical (unpaired) electrons. The first-order chi connectivity index (χ1) is 9.99. The average Bonchev–Trinajstić information content (AvgIpc) is 2.91. The van der Waals surface area contributed by atoms with Crippen LogP contribution in [0.2, 0.25) is 0 Å². The molecule has 0 aliphatic carbocycles. The molecule has 1 fully saturated rings. The minimum Gasteiger partial charge on any atom is -0.484 e. The molecule has 1 N–H and O–H groups in total. The average molecular weight is 295 g/mol. The van der Waals surface area contributed by atoms with Gasteiger partial charge in [0.1, 0.15) is 17.1 Å². The number of benzene rings is 1. The molecule has 1 aromatic rings. The minimum atomic E-state index is -1.12. The van der Waals surface area contributed by atoms with Crippen molar-refractivity contribution in [2.45, 2.75) is 31.7 Å². The van der Waals surface area contributed by atoms with E-state index in [1.807, 2.05) is 0 Å². The number of carbonyl (C=O) groups excluding carboxylic acids is 1. The molecule has 21 heavy (non-hydrogen) atoms. The van der Waals surface area contributed by atoms with E-state index >= 15 is 0 Å². The largest absolute Gasteiger partial charge is 0.484 e. The molecule has 1 heterocycles. The number of carboxylic acids is 1. The van der Waals surface area contributed by atoms with Crippen molar-refractivity contribution in [3.05, 3.63) is 30.1 Å². The van der Waals surface area contributed by atoms with Crippen molar-refractivity contribution in [2.24, 2.45) is 0 Å². The summed E-state index contributed by atoms with van der Waals surface area (Å²) >= 11 is 0. The third-order valence-corrected chi connectivity index (χ3v) is 3.95. The summed E-state index contributed by atoms with van der Waals surface area (Å²) in [5.74, 6) is -1.34. The summed E-state index contributed by atoms with van der Waals surface area (Å²) in [6, 6.07) is 5.33. The second-order valence-corrected chi connectivity index (χ2v) is 5.08. The number of likely N-dealkylation sites (tertiary alicyclic amines) is 1. The summed E-state index contributed by atoms with van der Waals surface area (Å²) in [7, 11) is 0. The molecular weight excluding hydrogens is 277 g/mol. The second-order valence-electron chi connectivity index (χ2n) is 5.08. The van der Waals surface area contributed by atoms with Gasteiger partial charge < -0.3 is 14.7 Å². The molecule has 1 amide bonds. The molecule has 0 aromatic heterocycles. The van der Waals surface area contributed by atoms with E-state index in [0.717, 1.165) is 0 Å². The van der Waals surface area contributed by atoms with Gasteiger partial charge in [-0.25, -0.2) is 9.18 Å². The van der Waals surface area contributed by atoms with Crippen LogP contribution in [-0.4, -0.2) is 40.6 Å². The predicted octanol–water partition coefficient (Wildman–Crippen LogP) is 2.06. The zero-order valence-corrected chi connectivity index (χ0v) is 11.8. The van der Waals surface area contributed by atoms with Crippen LogP contribution in [0, 0.1) is 5.82 Å². The summed E-state index contributed by atoms with van der Waals surface area (Å²) in [5, 5.41) is 9.42. The highest BCUT2D eigenvalue weighted by Crippen LogP contribution is 2.32. The predicted molar refractivity (Wildman–Crippen MR) is 73.5 cm³/mol. The Balaban J connectivity index is 2.02. The Morgan fingerprint density at radius 3 is 2.62 bits per heavy atom. The number of halogens is 1. The number of carbonyl (C=O) groups is 2. The van der Waals surface area contributed by atoms with Crippen molar-refractivity contribution in [1.29, 1.82) is 0 Å². The van der Waals surface area contributed by atoms with Gasteiger partial charge in [0.2, 0.25) is 0 Å². The lowest BCUT2D eigenvalue weighted by Crippen LogP contribution is -2.53. The normalized spacial score (nSPS) is 21.3. The number of aliphatic carboxylic acids is 1. The smallest absolute Gasteiger partial charge is 0.329 e. The summed E-state index contributed by atoms with van der Waals surface area (Å²) in [4.78, 5) is 25.1. The molecule has 114 valence electrons. The van der Waals surface area contributed by atoms with Crippen molar-refractivity contribution in [1.82, 2.24) is 4.90 Å². The van der Waals surface area contributed by atoms with E-state index < -0.39 is 11.5 Å². The van der Waals surface area contributed by atoms with E-state index in [0.29, 0.717) is 31.6 Å². The first kappa shape index (κ1) is 15.3. The molecule has 1 aromatic carbocycles. The van der Waals surface area contributed by atoms with Crippen molar-refractivity contribution in [3.63, 3.8) is 0 Å². The van der Waals surface area contributed by atoms with Crippen molar-refractivity contribution < 1.29 is 23.8 Å². The van der Waals surface area contributed by atoms with Gasteiger partial charge in [-0.1, -0.05) is 6.92 Å². The van der Waals surface area contributed by atoms with Crippen LogP contribution in [-0.2, 0) is 9.59 Å². The fourth-order valence-corrected chi connectivity index (χ4v) is 2.74. The van der Waals surface area contributed by atoms with E-state index in [1.54, 1.807) is 6.92 Å². The lowest BCUT2D eigenvalue weighted by atomic mass is 9.93. The zero-order chi connectivity index (χ0) is 15.5. The molecule has 0 bridgehead atoms. The van der Waals surface area contributed by atoms with Gasteiger partial charge in [0.15, 0.2) is 6.61 Å². The molecule has 1 unspecified atom stereocenters. The molecule has 1 aliphatic rings. The van der Waals surface area contributed by atoms with Gasteiger partial charge in [0.05, 0.1) is 0 Å². The molecule has 5 nitrogen and oxygen atoms in total. The van der Waals surface area contributed by atoms with Crippen LogP contribution in [0.5, 0.6) is 5.75 Å². The summed E-state index contributed by atoms with van der Waals surface area (Å²) in [5.41, 5.74) is -1.12. The van der Waals surface area contributed by atoms with Gasteiger partial charge >= 0.3 is 5.97 Å². The Morgan fingerprint density at radius 2 is 2.05 bits per heavy atom. The zero-order valence-electron chi connectivity index (χ0n) is 11.8. The van der Waals surface area contributed by atoms with Crippen LogP contribution < -0.4 is 4.74 Å². The highest BCUT2D eigenvalue weighted by molar-refractivity contribution is 5.88. The van der Waals surface area contributed by atoms with E-state index in [-0.39, 0.29) is 18.3 Å². The maximum Gasteiger partial charge on any atom is 0.329 e. The van der Waals surface area contributed by atoms with Crippen LogP contribution >= 0.6 is 0 Å². The lowest BCUT2D eigenvalue weighted by molar-refractivity contribution is -0.157. The lowest BCUT2D eigenvalue weighted by Gasteiger charge is -2.33. The summed E-state index contributed by atoms with van der Waals surface area (Å²) < 4.78 is 18.1. The van der Waals surface area contributed by atoms with Gasteiger partial charge in [-0.05, 0) is 43.5 Å². The Labute approximate surface area is 122 Å². The molecule has 6 heteroatoms. The van der Waals surface area contributed by atoms with Crippen molar-refractivity contribution >= 4 is 11.9 Å². The van der Waals surface area contributed by atoms with Crippen LogP contribution in [0.15, 0.2) is 24.3 Å². The Kier molecular flexibility index (Phi) is 4.45. The van der Waals surface area contributed by atoms with Crippen molar-refractivity contribution in [2.75, 3.05) is 13.2 Å². The highest BCUT2D eigenvalue weighted by Gasteiger charge is 2.48. The maximum atomic E-state index is 12.8. The molecule has 0 spiro atoms. The quantitative estimate of drug-likeness (QED) is 0.903. The number of amides is 1. The number of ether oxygens (including phenoxy) is 1. The maximum absolute atomic E-state index is 12.8. The van der Waals surface area contributed by atoms with Crippen LogP contribution in [0.25, 0.3) is 0 Å². The Hall–Kier alpha value is -2.11. The van der Waals surface area contributed by atoms with Gasteiger partial charge in [0.25, 0.3) is 5.91 Å². The van der Waals surface area contributed by atoms with E-state index in [2.05, 4.69) is 0 Å². The van der Waals surface area contributed by atoms with Crippen molar-refractivity contribution in [3.8, 4) is 5.75 Å². The van der Waals surface area contributed by atoms with E-state index in [9.17, 15) is 19.1 Å². The molecule has 1 aliphatic heterocycles. The van der Waals surface area contributed by atoms with E-state index in [1.165, 1.54) is 29.2 Å². The summed E-state index contributed by atoms with van der Waals surface area (Å²) in [6.07, 6.45) is 1.49. The van der Waals surface area contributed by atoms with Gasteiger partial charge in [-0.15, -0.1) is 0 Å². The third-order valence-electron chi connectivity index (χ3n) is 3.95. The molecule has 1 saturated heterocycles. The first-order valence-electron chi connectivity index (χ1n) is 6.92. The Bertz CT molecular complexity index is 531. The fourth-order valence-electron chi connectivity index (χ4n) is 2.74. The Morgan fingerprint density at radius 1 is 1.38 bits per heavy atom. The van der Waals surface area contributed by atoms with Crippen LogP contribution in [0.1, 0.15) is 26.2 Å². The van der Waals surface area contributed by atoms with E-state index in [4.69, 9.17) is 4.74 Å². The topological polar surface area (TPSA) is 66.8 Å². The first-order valence-corrected chi connectivity index (χ1v) is 6.92. The number of nitrogens with zero attached hydrogens (tertiary/aromatic N) is 1. The highest BCUT2D eigenvalue weighted by atomic mass is 19.1.